The summed E-state index contributed by atoms with van der Waals surface area (Å²) in [5, 5.41) is 10.7. The molecule has 0 aliphatic carbocycles. The molecule has 4 rings (SSSR count). The van der Waals surface area contributed by atoms with Crippen molar-refractivity contribution in [3.05, 3.63) is 77.0 Å². The van der Waals surface area contributed by atoms with Crippen LogP contribution >= 0.6 is 11.6 Å². The molecule has 0 saturated carbocycles. The summed E-state index contributed by atoms with van der Waals surface area (Å²) in [6.45, 7) is 5.61. The summed E-state index contributed by atoms with van der Waals surface area (Å²) in [6, 6.07) is 11.0. The van der Waals surface area contributed by atoms with Crippen molar-refractivity contribution in [2.75, 3.05) is 29.3 Å². The molecule has 2 aromatic rings. The summed E-state index contributed by atoms with van der Waals surface area (Å²) in [5.74, 6) is -0.407. The van der Waals surface area contributed by atoms with Gasteiger partial charge in [-0.3, -0.25) is 19.8 Å². The predicted molar refractivity (Wildman–Crippen MR) is 131 cm³/mol. The van der Waals surface area contributed by atoms with Crippen LogP contribution in [-0.2, 0) is 14.8 Å². The number of morpholine rings is 1. The van der Waals surface area contributed by atoms with E-state index >= 15 is 0 Å². The van der Waals surface area contributed by atoms with E-state index in [9.17, 15) is 18.4 Å². The Bertz CT molecular complexity index is 1230. The number of Topliss-reactive ketones (excluding diaryl/α,β-unsaturated/α-hetero) is 1. The minimum Gasteiger partial charge on any atom is -0.372 e. The van der Waals surface area contributed by atoms with E-state index in [1.165, 1.54) is 30.5 Å². The van der Waals surface area contributed by atoms with Gasteiger partial charge in [0.2, 0.25) is 0 Å². The van der Waals surface area contributed by atoms with E-state index < -0.39 is 15.8 Å². The Kier molecular flexibility index (Phi) is 6.99. The lowest BCUT2D eigenvalue weighted by molar-refractivity contribution is -0.0305. The molecule has 8 nitrogen and oxygen atoms in total. The summed E-state index contributed by atoms with van der Waals surface area (Å²) in [5.41, 5.74) is 1.48. The Labute approximate surface area is 204 Å². The fraction of sp³-hybridized carbons (Fsp3) is 0.292. The number of benzene rings is 2. The van der Waals surface area contributed by atoms with Crippen molar-refractivity contribution in [1.29, 1.82) is 0 Å². The maximum Gasteiger partial charge on any atom is 0.261 e. The van der Waals surface area contributed by atoms with Gasteiger partial charge in [0.15, 0.2) is 5.78 Å². The van der Waals surface area contributed by atoms with Crippen molar-refractivity contribution in [1.82, 2.24) is 5.06 Å². The Morgan fingerprint density at radius 3 is 2.41 bits per heavy atom. The fourth-order valence-corrected chi connectivity index (χ4v) is 5.28. The van der Waals surface area contributed by atoms with E-state index in [4.69, 9.17) is 16.3 Å². The van der Waals surface area contributed by atoms with Crippen molar-refractivity contribution in [2.45, 2.75) is 31.0 Å². The number of rotatable bonds is 6. The van der Waals surface area contributed by atoms with Crippen LogP contribution in [0.5, 0.6) is 0 Å². The molecule has 0 amide bonds. The molecule has 0 bridgehead atoms. The van der Waals surface area contributed by atoms with E-state index in [1.54, 1.807) is 30.3 Å². The zero-order valence-corrected chi connectivity index (χ0v) is 20.4. The highest BCUT2D eigenvalue weighted by Gasteiger charge is 2.24. The third kappa shape index (κ3) is 5.44. The number of sulfonamides is 1. The number of anilines is 2. The lowest BCUT2D eigenvalue weighted by atomic mass is 10.0. The van der Waals surface area contributed by atoms with Crippen LogP contribution in [0.1, 0.15) is 24.2 Å². The summed E-state index contributed by atoms with van der Waals surface area (Å²) in [4.78, 5) is 15.3. The van der Waals surface area contributed by atoms with Gasteiger partial charge in [0.1, 0.15) is 0 Å². The first-order valence-electron chi connectivity index (χ1n) is 10.8. The first kappa shape index (κ1) is 24.3. The standard InChI is InChI=1S/C24H26ClN3O5S/c1-16-14-27(15-17(2)33-16)20-4-6-21(7-5-20)34(31,32)26-23-8-3-19(25)13-22(23)24(29)18-9-11-28(30)12-10-18/h3-11,13,16-17,26,30H,12,14-15H2,1-2H3/t16-,17+. The average Bonchev–Trinajstić information content (AvgIpc) is 2.79. The van der Waals surface area contributed by atoms with Crippen LogP contribution in [0.25, 0.3) is 0 Å². The van der Waals surface area contributed by atoms with Crippen molar-refractivity contribution >= 4 is 38.8 Å². The zero-order valence-electron chi connectivity index (χ0n) is 18.8. The molecular weight excluding hydrogens is 478 g/mol. The van der Waals surface area contributed by atoms with Crippen LogP contribution in [0.2, 0.25) is 5.02 Å². The van der Waals surface area contributed by atoms with E-state index in [0.29, 0.717) is 10.6 Å². The number of hydroxylamine groups is 2. The lowest BCUT2D eigenvalue weighted by Crippen LogP contribution is -2.45. The number of ether oxygens (including phenoxy) is 1. The molecule has 10 heteroatoms. The molecule has 0 spiro atoms. The van der Waals surface area contributed by atoms with Gasteiger partial charge in [-0.2, -0.15) is 0 Å². The number of carbonyl (C=O) groups excluding carboxylic acids is 1. The van der Waals surface area contributed by atoms with Gasteiger partial charge in [0.25, 0.3) is 10.0 Å². The van der Waals surface area contributed by atoms with Crippen LogP contribution in [-0.4, -0.2) is 56.3 Å². The highest BCUT2D eigenvalue weighted by atomic mass is 35.5. The Morgan fingerprint density at radius 1 is 1.12 bits per heavy atom. The van der Waals surface area contributed by atoms with Crippen molar-refractivity contribution < 1.29 is 23.2 Å². The first-order valence-corrected chi connectivity index (χ1v) is 12.7. The number of hydrogen-bond donors (Lipinski definition) is 2. The second kappa shape index (κ2) is 9.79. The summed E-state index contributed by atoms with van der Waals surface area (Å²) >= 11 is 6.09. The van der Waals surface area contributed by atoms with Gasteiger partial charge >= 0.3 is 0 Å². The van der Waals surface area contributed by atoms with Crippen molar-refractivity contribution in [3.63, 3.8) is 0 Å². The molecular formula is C24H26ClN3O5S. The number of nitrogens with zero attached hydrogens (tertiary/aromatic N) is 2. The maximum atomic E-state index is 13.1. The average molecular weight is 504 g/mol. The Morgan fingerprint density at radius 2 is 1.79 bits per heavy atom. The molecule has 2 heterocycles. The summed E-state index contributed by atoms with van der Waals surface area (Å²) in [6.07, 6.45) is 4.54. The molecule has 0 radical (unpaired) electrons. The molecule has 34 heavy (non-hydrogen) atoms. The Balaban J connectivity index is 1.57. The minimum atomic E-state index is -3.96. The third-order valence-electron chi connectivity index (χ3n) is 5.59. The molecule has 2 aromatic carbocycles. The van der Waals surface area contributed by atoms with Crippen molar-refractivity contribution in [2.24, 2.45) is 0 Å². The SMILES string of the molecule is C[C@@H]1CN(c2ccc(S(=O)(=O)Nc3ccc(Cl)cc3C(=O)C3=CCN(O)C=C3)cc2)C[C@H](C)O1. The predicted octanol–water partition coefficient (Wildman–Crippen LogP) is 4.08. The van der Waals surface area contributed by atoms with Gasteiger partial charge in [0.05, 0.1) is 29.3 Å². The molecule has 2 aliphatic rings. The maximum absolute atomic E-state index is 13.1. The van der Waals surface area contributed by atoms with Gasteiger partial charge in [-0.15, -0.1) is 0 Å². The largest absolute Gasteiger partial charge is 0.372 e. The van der Waals surface area contributed by atoms with Gasteiger partial charge in [-0.25, -0.2) is 8.42 Å². The smallest absolute Gasteiger partial charge is 0.261 e. The minimum absolute atomic E-state index is 0.0756. The number of hydrogen-bond acceptors (Lipinski definition) is 7. The number of carbonyl (C=O) groups is 1. The molecule has 1 fully saturated rings. The van der Waals surface area contributed by atoms with Gasteiger partial charge in [-0.05, 0) is 62.4 Å². The number of halogens is 1. The molecule has 2 atom stereocenters. The molecule has 2 N–H and O–H groups in total. The summed E-state index contributed by atoms with van der Waals surface area (Å²) < 4.78 is 34.5. The van der Waals surface area contributed by atoms with E-state index in [2.05, 4.69) is 9.62 Å². The fourth-order valence-electron chi connectivity index (χ4n) is 4.03. The Hall–Kier alpha value is -2.85. The molecule has 180 valence electrons. The van der Waals surface area contributed by atoms with Crippen molar-refractivity contribution in [3.8, 4) is 0 Å². The third-order valence-corrected chi connectivity index (χ3v) is 7.21. The highest BCUT2D eigenvalue weighted by Crippen LogP contribution is 2.28. The number of nitrogens with one attached hydrogen (secondary N) is 1. The van der Waals surface area contributed by atoms with Gasteiger partial charge in [-0.1, -0.05) is 17.7 Å². The van der Waals surface area contributed by atoms with E-state index in [0.717, 1.165) is 23.8 Å². The molecule has 0 unspecified atom stereocenters. The summed E-state index contributed by atoms with van der Waals surface area (Å²) in [7, 11) is -3.96. The quantitative estimate of drug-likeness (QED) is 0.573. The van der Waals surface area contributed by atoms with Crippen LogP contribution in [0.4, 0.5) is 11.4 Å². The number of allylic oxidation sites excluding steroid dienone is 2. The first-order chi connectivity index (χ1) is 16.1. The second-order valence-corrected chi connectivity index (χ2v) is 10.5. The normalized spacial score (nSPS) is 20.8. The van der Waals surface area contributed by atoms with E-state index in [-0.39, 0.29) is 34.9 Å². The lowest BCUT2D eigenvalue weighted by Gasteiger charge is -2.36. The van der Waals surface area contributed by atoms with E-state index in [1.807, 2.05) is 13.8 Å². The number of ketones is 1. The highest BCUT2D eigenvalue weighted by molar-refractivity contribution is 7.92. The van der Waals surface area contributed by atoms with Crippen LogP contribution in [0, 0.1) is 0 Å². The second-order valence-electron chi connectivity index (χ2n) is 8.38. The molecule has 1 saturated heterocycles. The van der Waals surface area contributed by atoms with Crippen LogP contribution in [0.15, 0.2) is 71.3 Å². The molecule has 0 aromatic heterocycles. The zero-order chi connectivity index (χ0) is 24.5. The van der Waals surface area contributed by atoms with Gasteiger partial charge < -0.3 is 9.64 Å². The van der Waals surface area contributed by atoms with Crippen LogP contribution in [0.3, 0.4) is 0 Å². The molecule has 2 aliphatic heterocycles. The van der Waals surface area contributed by atoms with Crippen LogP contribution < -0.4 is 9.62 Å². The van der Waals surface area contributed by atoms with Gasteiger partial charge in [0, 0.05) is 41.1 Å². The topological polar surface area (TPSA) is 99.2 Å². The monoisotopic (exact) mass is 503 g/mol.